The summed E-state index contributed by atoms with van der Waals surface area (Å²) in [5, 5.41) is 13.5. The van der Waals surface area contributed by atoms with Crippen LogP contribution in [0.3, 0.4) is 0 Å². The number of nitrogens with zero attached hydrogens (tertiary/aromatic N) is 3. The van der Waals surface area contributed by atoms with Crippen molar-refractivity contribution in [3.8, 4) is 0 Å². The molecule has 0 radical (unpaired) electrons. The normalized spacial score (nSPS) is 15.3. The van der Waals surface area contributed by atoms with E-state index in [1.165, 1.54) is 16.4 Å². The number of carbonyl (C=O) groups is 1. The molecule has 1 aromatic heterocycles. The molecule has 7 nitrogen and oxygen atoms in total. The van der Waals surface area contributed by atoms with Gasteiger partial charge >= 0.3 is 5.97 Å². The number of sulfonamides is 1. The first kappa shape index (κ1) is 16.7. The van der Waals surface area contributed by atoms with E-state index in [1.807, 2.05) is 17.7 Å². The third kappa shape index (κ3) is 2.71. The van der Waals surface area contributed by atoms with Gasteiger partial charge in [0.05, 0.1) is 34.9 Å². The lowest BCUT2D eigenvalue weighted by molar-refractivity contribution is 0.0696. The minimum absolute atomic E-state index is 0.0189. The zero-order valence-electron chi connectivity index (χ0n) is 13.8. The predicted octanol–water partition coefficient (Wildman–Crippen LogP) is 1.71. The highest BCUT2D eigenvalue weighted by atomic mass is 32.2. The van der Waals surface area contributed by atoms with Gasteiger partial charge in [-0.2, -0.15) is 9.40 Å². The smallest absolute Gasteiger partial charge is 0.335 e. The second kappa shape index (κ2) is 5.71. The average Bonchev–Trinajstić information content (AvgIpc) is 2.88. The number of rotatable bonds is 3. The van der Waals surface area contributed by atoms with Crippen LogP contribution < -0.4 is 0 Å². The van der Waals surface area contributed by atoms with Crippen molar-refractivity contribution in [2.24, 2.45) is 0 Å². The third-order valence-electron chi connectivity index (χ3n) is 4.37. The van der Waals surface area contributed by atoms with Gasteiger partial charge in [-0.1, -0.05) is 0 Å². The molecule has 2 aromatic rings. The summed E-state index contributed by atoms with van der Waals surface area (Å²) in [6, 6.07) is 4.61. The topological polar surface area (TPSA) is 92.5 Å². The van der Waals surface area contributed by atoms with E-state index in [4.69, 9.17) is 0 Å². The van der Waals surface area contributed by atoms with Gasteiger partial charge in [0.15, 0.2) is 0 Å². The van der Waals surface area contributed by atoms with E-state index in [2.05, 4.69) is 5.10 Å². The fourth-order valence-corrected chi connectivity index (χ4v) is 4.67. The molecule has 3 rings (SSSR count). The Morgan fingerprint density at radius 3 is 2.54 bits per heavy atom. The molecule has 2 heterocycles. The van der Waals surface area contributed by atoms with E-state index in [1.54, 1.807) is 13.8 Å². The Kier molecular flexibility index (Phi) is 3.97. The molecule has 0 bridgehead atoms. The largest absolute Gasteiger partial charge is 0.478 e. The molecule has 1 N–H and O–H groups in total. The van der Waals surface area contributed by atoms with Gasteiger partial charge in [0.25, 0.3) is 0 Å². The molecule has 1 aliphatic heterocycles. The van der Waals surface area contributed by atoms with Crippen LogP contribution in [0.15, 0.2) is 23.1 Å². The maximum Gasteiger partial charge on any atom is 0.335 e. The molecular weight excluding hydrogens is 330 g/mol. The zero-order valence-corrected chi connectivity index (χ0v) is 14.6. The summed E-state index contributed by atoms with van der Waals surface area (Å²) >= 11 is 0. The number of aromatic carboxylic acids is 1. The van der Waals surface area contributed by atoms with Crippen molar-refractivity contribution in [1.29, 1.82) is 0 Å². The SMILES string of the molecule is Cc1cc2n(n1)CCN(S(=O)(=O)c1cc(C(=O)O)cc(C)c1C)C2. The van der Waals surface area contributed by atoms with Crippen LogP contribution in [0.1, 0.15) is 32.9 Å². The maximum atomic E-state index is 13.1. The van der Waals surface area contributed by atoms with Crippen LogP contribution in [0, 0.1) is 20.8 Å². The first-order valence-electron chi connectivity index (χ1n) is 7.58. The third-order valence-corrected chi connectivity index (χ3v) is 6.34. The lowest BCUT2D eigenvalue weighted by atomic mass is 10.1. The number of aromatic nitrogens is 2. The minimum atomic E-state index is -3.78. The number of aryl methyl sites for hydroxylation is 2. The highest BCUT2D eigenvalue weighted by Crippen LogP contribution is 2.27. The summed E-state index contributed by atoms with van der Waals surface area (Å²) in [6.07, 6.45) is 0. The van der Waals surface area contributed by atoms with Crippen LogP contribution in [0.25, 0.3) is 0 Å². The molecule has 24 heavy (non-hydrogen) atoms. The van der Waals surface area contributed by atoms with Crippen LogP contribution in [-0.4, -0.2) is 40.1 Å². The van der Waals surface area contributed by atoms with Gasteiger partial charge in [0, 0.05) is 6.54 Å². The molecule has 0 spiro atoms. The van der Waals surface area contributed by atoms with Crippen LogP contribution in [0.5, 0.6) is 0 Å². The highest BCUT2D eigenvalue weighted by Gasteiger charge is 2.31. The van der Waals surface area contributed by atoms with Crippen molar-refractivity contribution in [2.75, 3.05) is 6.54 Å². The number of hydrogen-bond donors (Lipinski definition) is 1. The summed E-state index contributed by atoms with van der Waals surface area (Å²) < 4.78 is 29.3. The Hall–Kier alpha value is -2.19. The number of benzene rings is 1. The first-order valence-corrected chi connectivity index (χ1v) is 9.02. The minimum Gasteiger partial charge on any atom is -0.478 e. The lowest BCUT2D eigenvalue weighted by Crippen LogP contribution is -2.38. The summed E-state index contributed by atoms with van der Waals surface area (Å²) in [5.41, 5.74) is 2.89. The predicted molar refractivity (Wildman–Crippen MR) is 87.4 cm³/mol. The van der Waals surface area contributed by atoms with Crippen LogP contribution >= 0.6 is 0 Å². The van der Waals surface area contributed by atoms with Gasteiger partial charge in [-0.15, -0.1) is 0 Å². The standard InChI is InChI=1S/C16H19N3O4S/c1-10-6-13(16(20)21)8-15(12(10)3)24(22,23)18-4-5-19-14(9-18)7-11(2)17-19/h6-8H,4-5,9H2,1-3H3,(H,20,21). The molecule has 1 aliphatic rings. The fourth-order valence-electron chi connectivity index (χ4n) is 2.95. The molecule has 0 unspecified atom stereocenters. The van der Waals surface area contributed by atoms with Crippen LogP contribution in [-0.2, 0) is 23.1 Å². The Bertz CT molecular complexity index is 931. The van der Waals surface area contributed by atoms with Gasteiger partial charge < -0.3 is 5.11 Å². The van der Waals surface area contributed by atoms with Crippen LogP contribution in [0.4, 0.5) is 0 Å². The molecule has 8 heteroatoms. The van der Waals surface area contributed by atoms with Crippen molar-refractivity contribution in [3.63, 3.8) is 0 Å². The monoisotopic (exact) mass is 349 g/mol. The van der Waals surface area contributed by atoms with Gasteiger partial charge in [-0.05, 0) is 50.1 Å². The second-order valence-electron chi connectivity index (χ2n) is 6.06. The number of carboxylic acid groups (broad SMARTS) is 1. The summed E-state index contributed by atoms with van der Waals surface area (Å²) in [6.45, 7) is 6.32. The Morgan fingerprint density at radius 2 is 1.88 bits per heavy atom. The summed E-state index contributed by atoms with van der Waals surface area (Å²) in [7, 11) is -3.78. The number of fused-ring (bicyclic) bond motifs is 1. The summed E-state index contributed by atoms with van der Waals surface area (Å²) in [4.78, 5) is 11.3. The Balaban J connectivity index is 2.04. The zero-order chi connectivity index (χ0) is 17.6. The van der Waals surface area contributed by atoms with Gasteiger partial charge in [0.2, 0.25) is 10.0 Å². The summed E-state index contributed by atoms with van der Waals surface area (Å²) in [5.74, 6) is -1.14. The lowest BCUT2D eigenvalue weighted by Gasteiger charge is -2.28. The molecule has 0 atom stereocenters. The van der Waals surface area contributed by atoms with E-state index in [9.17, 15) is 18.3 Å². The molecule has 0 aliphatic carbocycles. The molecule has 0 fully saturated rings. The first-order chi connectivity index (χ1) is 11.2. The second-order valence-corrected chi connectivity index (χ2v) is 7.97. The van der Waals surface area contributed by atoms with Crippen molar-refractivity contribution in [2.45, 2.75) is 38.8 Å². The van der Waals surface area contributed by atoms with E-state index in [0.717, 1.165) is 11.4 Å². The van der Waals surface area contributed by atoms with Gasteiger partial charge in [-0.25, -0.2) is 13.2 Å². The molecule has 0 amide bonds. The molecular formula is C16H19N3O4S. The van der Waals surface area contributed by atoms with E-state index < -0.39 is 16.0 Å². The fraction of sp³-hybridized carbons (Fsp3) is 0.375. The highest BCUT2D eigenvalue weighted by molar-refractivity contribution is 7.89. The Morgan fingerprint density at radius 1 is 1.17 bits per heavy atom. The van der Waals surface area contributed by atoms with E-state index in [0.29, 0.717) is 24.2 Å². The van der Waals surface area contributed by atoms with Crippen molar-refractivity contribution >= 4 is 16.0 Å². The van der Waals surface area contributed by atoms with Crippen molar-refractivity contribution in [1.82, 2.24) is 14.1 Å². The van der Waals surface area contributed by atoms with E-state index in [-0.39, 0.29) is 17.0 Å². The number of hydrogen-bond acceptors (Lipinski definition) is 4. The van der Waals surface area contributed by atoms with Crippen molar-refractivity contribution < 1.29 is 18.3 Å². The quantitative estimate of drug-likeness (QED) is 0.911. The number of carboxylic acids is 1. The van der Waals surface area contributed by atoms with Crippen molar-refractivity contribution in [3.05, 3.63) is 46.3 Å². The molecule has 1 aromatic carbocycles. The maximum absolute atomic E-state index is 13.1. The molecule has 128 valence electrons. The average molecular weight is 349 g/mol. The van der Waals surface area contributed by atoms with Gasteiger partial charge in [-0.3, -0.25) is 4.68 Å². The molecule has 0 saturated heterocycles. The van der Waals surface area contributed by atoms with Crippen LogP contribution in [0.2, 0.25) is 0 Å². The Labute approximate surface area is 140 Å². The van der Waals surface area contributed by atoms with E-state index >= 15 is 0 Å². The van der Waals surface area contributed by atoms with Gasteiger partial charge in [0.1, 0.15) is 0 Å². The molecule has 0 saturated carbocycles.